The molecule has 29 heavy (non-hydrogen) atoms. The number of carbonyl (C=O) groups is 1. The van der Waals surface area contributed by atoms with Gasteiger partial charge >= 0.3 is 0 Å². The van der Waals surface area contributed by atoms with Crippen LogP contribution < -0.4 is 9.80 Å². The zero-order valence-electron chi connectivity index (χ0n) is 17.1. The van der Waals surface area contributed by atoms with Crippen molar-refractivity contribution in [2.75, 3.05) is 32.1 Å². The fourth-order valence-corrected chi connectivity index (χ4v) is 4.28. The average Bonchev–Trinajstić information content (AvgIpc) is 3.08. The topological polar surface area (TPSA) is 80.8 Å². The second-order valence-corrected chi connectivity index (χ2v) is 8.48. The van der Waals surface area contributed by atoms with E-state index in [0.29, 0.717) is 17.2 Å². The molecule has 3 aromatic rings. The number of hydrogen-bond acceptors (Lipinski definition) is 5. The Morgan fingerprint density at radius 1 is 1.21 bits per heavy atom. The molecule has 1 amide bonds. The summed E-state index contributed by atoms with van der Waals surface area (Å²) < 4.78 is 1.07. The molecule has 0 unspecified atom stereocenters. The van der Waals surface area contributed by atoms with Gasteiger partial charge in [-0.15, -0.1) is 0 Å². The van der Waals surface area contributed by atoms with Gasteiger partial charge in [-0.2, -0.15) is 0 Å². The minimum absolute atomic E-state index is 0.0320. The van der Waals surface area contributed by atoms with Crippen LogP contribution >= 0.6 is 11.3 Å². The van der Waals surface area contributed by atoms with Crippen LogP contribution in [0.4, 0.5) is 10.8 Å². The highest BCUT2D eigenvalue weighted by molar-refractivity contribution is 7.22. The molecule has 1 aromatic heterocycles. The monoisotopic (exact) mass is 413 g/mol. The Balaban J connectivity index is 1.96. The van der Waals surface area contributed by atoms with E-state index < -0.39 is 4.92 Å². The number of amides is 1. The van der Waals surface area contributed by atoms with E-state index in [4.69, 9.17) is 4.98 Å². The fraction of sp³-hybridized carbons (Fsp3) is 0.333. The first-order chi connectivity index (χ1) is 13.8. The number of anilines is 1. The van der Waals surface area contributed by atoms with E-state index in [1.54, 1.807) is 4.90 Å². The summed E-state index contributed by atoms with van der Waals surface area (Å²) in [6.45, 7) is 5.55. The number of non-ortho nitro benzene ring substituents is 1. The third-order valence-electron chi connectivity index (χ3n) is 4.67. The Bertz CT molecular complexity index is 1040. The summed E-state index contributed by atoms with van der Waals surface area (Å²) in [5, 5.41) is 11.6. The summed E-state index contributed by atoms with van der Waals surface area (Å²) >= 11 is 1.51. The van der Waals surface area contributed by atoms with Crippen molar-refractivity contribution in [1.29, 1.82) is 0 Å². The van der Waals surface area contributed by atoms with Crippen molar-refractivity contribution in [3.8, 4) is 0 Å². The van der Waals surface area contributed by atoms with Gasteiger partial charge < -0.3 is 4.90 Å². The van der Waals surface area contributed by atoms with Gasteiger partial charge in [-0.1, -0.05) is 17.4 Å². The first kappa shape index (κ1) is 20.9. The predicted molar refractivity (Wildman–Crippen MR) is 116 cm³/mol. The summed E-state index contributed by atoms with van der Waals surface area (Å²) in [7, 11) is 4.15. The number of benzene rings is 2. The number of quaternary nitrogens is 1. The third kappa shape index (κ3) is 4.78. The molecule has 0 spiro atoms. The van der Waals surface area contributed by atoms with E-state index in [2.05, 4.69) is 27.1 Å². The lowest BCUT2D eigenvalue weighted by molar-refractivity contribution is -0.858. The Hall–Kier alpha value is -2.84. The van der Waals surface area contributed by atoms with Crippen LogP contribution in [0.25, 0.3) is 10.2 Å². The lowest BCUT2D eigenvalue weighted by atomic mass is 10.1. The molecule has 0 saturated carbocycles. The van der Waals surface area contributed by atoms with E-state index in [0.717, 1.165) is 34.3 Å². The normalized spacial score (nSPS) is 11.2. The Morgan fingerprint density at radius 3 is 2.52 bits per heavy atom. The van der Waals surface area contributed by atoms with Gasteiger partial charge in [-0.3, -0.25) is 19.8 Å². The van der Waals surface area contributed by atoms with Crippen LogP contribution in [0.5, 0.6) is 0 Å². The molecule has 0 aliphatic rings. The first-order valence-corrected chi connectivity index (χ1v) is 10.3. The Kier molecular flexibility index (Phi) is 6.24. The number of nitrogens with zero attached hydrogens (tertiary/aromatic N) is 3. The maximum atomic E-state index is 13.2. The van der Waals surface area contributed by atoms with Gasteiger partial charge in [0.15, 0.2) is 5.13 Å². The zero-order chi connectivity index (χ0) is 21.1. The first-order valence-electron chi connectivity index (χ1n) is 9.49. The summed E-state index contributed by atoms with van der Waals surface area (Å²) in [5.41, 5.74) is 3.55. The van der Waals surface area contributed by atoms with E-state index >= 15 is 0 Å². The summed E-state index contributed by atoms with van der Waals surface area (Å²) in [4.78, 5) is 31.4. The van der Waals surface area contributed by atoms with Crippen LogP contribution in [0, 0.1) is 24.0 Å². The van der Waals surface area contributed by atoms with Crippen LogP contribution in [-0.2, 0) is 0 Å². The summed E-state index contributed by atoms with van der Waals surface area (Å²) in [5.74, 6) is -0.193. The standard InChI is InChI=1S/C21H24N4O3S/c1-14-12-15(2)19-18(13-14)22-21(29-19)24(11-5-10-23(3)4)20(26)16-6-8-17(9-7-16)25(27)28/h6-9,12-13H,5,10-11H2,1-4H3/p+1. The number of rotatable bonds is 7. The van der Waals surface area contributed by atoms with E-state index in [-0.39, 0.29) is 11.6 Å². The van der Waals surface area contributed by atoms with Crippen molar-refractivity contribution in [3.63, 3.8) is 0 Å². The van der Waals surface area contributed by atoms with Crippen molar-refractivity contribution < 1.29 is 14.6 Å². The molecule has 0 fully saturated rings. The van der Waals surface area contributed by atoms with E-state index in [1.165, 1.54) is 40.5 Å². The van der Waals surface area contributed by atoms with Gasteiger partial charge in [0, 0.05) is 30.7 Å². The van der Waals surface area contributed by atoms with Gasteiger partial charge in [0.1, 0.15) is 0 Å². The lowest BCUT2D eigenvalue weighted by Gasteiger charge is -2.20. The van der Waals surface area contributed by atoms with Crippen LogP contribution in [0.2, 0.25) is 0 Å². The molecule has 0 saturated heterocycles. The van der Waals surface area contributed by atoms with Crippen molar-refractivity contribution in [2.45, 2.75) is 20.3 Å². The van der Waals surface area contributed by atoms with Gasteiger partial charge in [0.25, 0.3) is 11.6 Å². The van der Waals surface area contributed by atoms with Crippen LogP contribution in [0.3, 0.4) is 0 Å². The van der Waals surface area contributed by atoms with Crippen molar-refractivity contribution in [1.82, 2.24) is 4.98 Å². The highest BCUT2D eigenvalue weighted by Gasteiger charge is 2.22. The number of hydrogen-bond donors (Lipinski definition) is 1. The molecule has 0 radical (unpaired) electrons. The summed E-state index contributed by atoms with van der Waals surface area (Å²) in [6, 6.07) is 9.88. The molecule has 2 aromatic carbocycles. The van der Waals surface area contributed by atoms with Crippen LogP contribution in [0.15, 0.2) is 36.4 Å². The molecule has 1 heterocycles. The number of nitro groups is 1. The van der Waals surface area contributed by atoms with Crippen molar-refractivity contribution >= 4 is 38.3 Å². The van der Waals surface area contributed by atoms with Crippen molar-refractivity contribution in [3.05, 3.63) is 63.2 Å². The smallest absolute Gasteiger partial charge is 0.269 e. The number of fused-ring (bicyclic) bond motifs is 1. The molecule has 1 N–H and O–H groups in total. The van der Waals surface area contributed by atoms with Gasteiger partial charge in [-0.05, 0) is 43.2 Å². The molecule has 0 aliphatic carbocycles. The SMILES string of the molecule is Cc1cc(C)c2sc(N(CCC[NH+](C)C)C(=O)c3ccc([N+](=O)[O-])cc3)nc2c1. The molecular formula is C21H25N4O3S+. The highest BCUT2D eigenvalue weighted by atomic mass is 32.1. The Labute approximate surface area is 173 Å². The maximum Gasteiger partial charge on any atom is 0.269 e. The molecule has 3 rings (SSSR count). The molecule has 152 valence electrons. The second kappa shape index (κ2) is 8.67. The van der Waals surface area contributed by atoms with Crippen molar-refractivity contribution in [2.24, 2.45) is 0 Å². The molecule has 8 heteroatoms. The number of aromatic nitrogens is 1. The third-order valence-corrected chi connectivity index (χ3v) is 5.90. The number of carbonyl (C=O) groups excluding carboxylic acids is 1. The average molecular weight is 414 g/mol. The predicted octanol–water partition coefficient (Wildman–Crippen LogP) is 3.00. The number of aryl methyl sites for hydroxylation is 2. The quantitative estimate of drug-likeness (QED) is 0.477. The van der Waals surface area contributed by atoms with E-state index in [1.807, 2.05) is 13.0 Å². The minimum Gasteiger partial charge on any atom is -0.340 e. The van der Waals surface area contributed by atoms with Gasteiger partial charge in [0.2, 0.25) is 0 Å². The summed E-state index contributed by atoms with van der Waals surface area (Å²) in [6.07, 6.45) is 0.828. The maximum absolute atomic E-state index is 13.2. The minimum atomic E-state index is -0.468. The number of nitrogens with one attached hydrogen (secondary N) is 1. The molecule has 0 aliphatic heterocycles. The number of nitro benzene ring substituents is 1. The largest absolute Gasteiger partial charge is 0.340 e. The van der Waals surface area contributed by atoms with Gasteiger partial charge in [0.05, 0.1) is 35.8 Å². The Morgan fingerprint density at radius 2 is 1.90 bits per heavy atom. The van der Waals surface area contributed by atoms with Crippen LogP contribution in [-0.4, -0.2) is 43.0 Å². The molecular weight excluding hydrogens is 388 g/mol. The fourth-order valence-electron chi connectivity index (χ4n) is 3.24. The second-order valence-electron chi connectivity index (χ2n) is 7.50. The molecule has 7 nitrogen and oxygen atoms in total. The molecule has 0 bridgehead atoms. The molecule has 0 atom stereocenters. The lowest BCUT2D eigenvalue weighted by Crippen LogP contribution is -3.05. The van der Waals surface area contributed by atoms with E-state index in [9.17, 15) is 14.9 Å². The van der Waals surface area contributed by atoms with Gasteiger partial charge in [-0.25, -0.2) is 4.98 Å². The highest BCUT2D eigenvalue weighted by Crippen LogP contribution is 2.33. The zero-order valence-corrected chi connectivity index (χ0v) is 17.9. The van der Waals surface area contributed by atoms with Crippen LogP contribution in [0.1, 0.15) is 27.9 Å². The number of thiazole rings is 1.